The highest BCUT2D eigenvalue weighted by atomic mass is 19.4. The lowest BCUT2D eigenvalue weighted by Crippen LogP contribution is -2.08. The topological polar surface area (TPSA) is 45.9 Å². The van der Waals surface area contributed by atoms with Gasteiger partial charge in [0.05, 0.1) is 30.5 Å². The van der Waals surface area contributed by atoms with Crippen molar-refractivity contribution in [1.29, 1.82) is 5.26 Å². The number of hydrogen-bond donors (Lipinski definition) is 0. The fourth-order valence-corrected chi connectivity index (χ4v) is 1.82. The van der Waals surface area contributed by atoms with Gasteiger partial charge >= 0.3 is 6.18 Å². The number of nitrogens with zero attached hydrogens (tertiary/aromatic N) is 2. The van der Waals surface area contributed by atoms with Gasteiger partial charge in [0.25, 0.3) is 0 Å². The summed E-state index contributed by atoms with van der Waals surface area (Å²) in [4.78, 5) is 3.58. The monoisotopic (exact) mass is 296 g/mol. The molecule has 0 atom stereocenters. The third-order valence-corrected chi connectivity index (χ3v) is 2.78. The molecule has 0 aliphatic rings. The van der Waals surface area contributed by atoms with Crippen LogP contribution in [0.4, 0.5) is 17.6 Å². The van der Waals surface area contributed by atoms with Crippen molar-refractivity contribution in [1.82, 2.24) is 4.98 Å². The molecule has 0 N–H and O–H groups in total. The summed E-state index contributed by atoms with van der Waals surface area (Å²) in [5, 5.41) is 8.70. The van der Waals surface area contributed by atoms with Crippen molar-refractivity contribution in [3.05, 3.63) is 47.4 Å². The first kappa shape index (κ1) is 14.8. The Bertz CT molecular complexity index is 720. The molecule has 21 heavy (non-hydrogen) atoms. The summed E-state index contributed by atoms with van der Waals surface area (Å²) in [6.07, 6.45) is -3.93. The number of nitriles is 1. The number of halogens is 4. The SMILES string of the molecule is COc1cc(-c2ccc(C#N)cc2C(F)(F)F)c(F)cn1. The second-order valence-electron chi connectivity index (χ2n) is 4.08. The van der Waals surface area contributed by atoms with Gasteiger partial charge in [-0.3, -0.25) is 0 Å². The summed E-state index contributed by atoms with van der Waals surface area (Å²) in [5.74, 6) is -0.921. The normalized spacial score (nSPS) is 11.0. The van der Waals surface area contributed by atoms with Crippen LogP contribution in [0.2, 0.25) is 0 Å². The quantitative estimate of drug-likeness (QED) is 0.792. The Balaban J connectivity index is 2.72. The highest BCUT2D eigenvalue weighted by Gasteiger charge is 2.34. The predicted octanol–water partition coefficient (Wildman–Crippen LogP) is 3.79. The molecule has 0 bridgehead atoms. The molecule has 0 aliphatic carbocycles. The van der Waals surface area contributed by atoms with E-state index in [1.54, 1.807) is 6.07 Å². The van der Waals surface area contributed by atoms with Gasteiger partial charge in [-0.15, -0.1) is 0 Å². The lowest BCUT2D eigenvalue weighted by molar-refractivity contribution is -0.137. The Kier molecular flexibility index (Phi) is 3.80. The molecule has 0 amide bonds. The van der Waals surface area contributed by atoms with E-state index < -0.39 is 17.6 Å². The molecule has 0 spiro atoms. The second kappa shape index (κ2) is 5.40. The number of rotatable bonds is 2. The summed E-state index contributed by atoms with van der Waals surface area (Å²) >= 11 is 0. The molecular formula is C14H8F4N2O. The molecule has 0 fully saturated rings. The van der Waals surface area contributed by atoms with Crippen molar-refractivity contribution in [3.8, 4) is 23.1 Å². The molecule has 1 heterocycles. The van der Waals surface area contributed by atoms with Gasteiger partial charge < -0.3 is 4.74 Å². The van der Waals surface area contributed by atoms with Crippen LogP contribution in [0.1, 0.15) is 11.1 Å². The minimum Gasteiger partial charge on any atom is -0.481 e. The van der Waals surface area contributed by atoms with E-state index in [0.717, 1.165) is 18.3 Å². The Morgan fingerprint density at radius 2 is 1.90 bits per heavy atom. The third kappa shape index (κ3) is 2.94. The van der Waals surface area contributed by atoms with E-state index in [1.807, 2.05) is 0 Å². The smallest absolute Gasteiger partial charge is 0.417 e. The maximum atomic E-state index is 13.8. The highest BCUT2D eigenvalue weighted by Crippen LogP contribution is 2.39. The standard InChI is InChI=1S/C14H8F4N2O/c1-21-13-5-10(12(15)7-20-13)9-3-2-8(6-19)4-11(9)14(16,17)18/h2-5,7H,1H3. The van der Waals surface area contributed by atoms with Gasteiger partial charge in [-0.25, -0.2) is 9.37 Å². The number of benzene rings is 1. The summed E-state index contributed by atoms with van der Waals surface area (Å²) in [6, 6.07) is 5.63. The van der Waals surface area contributed by atoms with Crippen molar-refractivity contribution in [2.75, 3.05) is 7.11 Å². The second-order valence-corrected chi connectivity index (χ2v) is 4.08. The first-order chi connectivity index (χ1) is 9.86. The number of hydrogen-bond acceptors (Lipinski definition) is 3. The number of pyridine rings is 1. The van der Waals surface area contributed by atoms with Crippen LogP contribution in [0.15, 0.2) is 30.5 Å². The minimum absolute atomic E-state index is 0.0103. The average Bonchev–Trinajstić information content (AvgIpc) is 2.46. The fourth-order valence-electron chi connectivity index (χ4n) is 1.82. The molecular weight excluding hydrogens is 288 g/mol. The molecule has 1 aromatic carbocycles. The van der Waals surface area contributed by atoms with Gasteiger partial charge in [0, 0.05) is 11.6 Å². The molecule has 1 aromatic heterocycles. The third-order valence-electron chi connectivity index (χ3n) is 2.78. The molecule has 0 saturated heterocycles. The molecule has 2 rings (SSSR count). The fraction of sp³-hybridized carbons (Fsp3) is 0.143. The van der Waals surface area contributed by atoms with Crippen molar-refractivity contribution >= 4 is 0 Å². The lowest BCUT2D eigenvalue weighted by Gasteiger charge is -2.14. The molecule has 3 nitrogen and oxygen atoms in total. The van der Waals surface area contributed by atoms with Crippen molar-refractivity contribution in [2.24, 2.45) is 0 Å². The van der Waals surface area contributed by atoms with Gasteiger partial charge in [-0.2, -0.15) is 18.4 Å². The maximum Gasteiger partial charge on any atom is 0.417 e. The van der Waals surface area contributed by atoms with Crippen LogP contribution in [0.25, 0.3) is 11.1 Å². The number of alkyl halides is 3. The van der Waals surface area contributed by atoms with Gasteiger partial charge in [0.1, 0.15) is 5.82 Å². The van der Waals surface area contributed by atoms with Crippen LogP contribution in [0.5, 0.6) is 5.88 Å². The van der Waals surface area contributed by atoms with E-state index in [9.17, 15) is 17.6 Å². The van der Waals surface area contributed by atoms with Crippen molar-refractivity contribution in [2.45, 2.75) is 6.18 Å². The number of ether oxygens (including phenoxy) is 1. The van der Waals surface area contributed by atoms with Gasteiger partial charge in [0.15, 0.2) is 0 Å². The van der Waals surface area contributed by atoms with Crippen molar-refractivity contribution in [3.63, 3.8) is 0 Å². The van der Waals surface area contributed by atoms with Crippen LogP contribution < -0.4 is 4.74 Å². The largest absolute Gasteiger partial charge is 0.481 e. The molecule has 0 aliphatic heterocycles. The number of methoxy groups -OCH3 is 1. The Morgan fingerprint density at radius 1 is 1.19 bits per heavy atom. The summed E-state index contributed by atoms with van der Waals surface area (Å²) in [6.45, 7) is 0. The lowest BCUT2D eigenvalue weighted by atomic mass is 9.97. The number of aromatic nitrogens is 1. The molecule has 0 saturated carbocycles. The van der Waals surface area contributed by atoms with Gasteiger partial charge in [-0.1, -0.05) is 6.07 Å². The Hall–Kier alpha value is -2.62. The van der Waals surface area contributed by atoms with Crippen LogP contribution in [-0.4, -0.2) is 12.1 Å². The molecule has 2 aromatic rings. The van der Waals surface area contributed by atoms with Crippen LogP contribution >= 0.6 is 0 Å². The molecule has 7 heteroatoms. The zero-order chi connectivity index (χ0) is 15.6. The van der Waals surface area contributed by atoms with Crippen LogP contribution in [0, 0.1) is 17.1 Å². The summed E-state index contributed by atoms with van der Waals surface area (Å²) in [7, 11) is 1.27. The van der Waals surface area contributed by atoms with E-state index in [-0.39, 0.29) is 22.6 Å². The molecule has 0 unspecified atom stereocenters. The van der Waals surface area contributed by atoms with E-state index in [2.05, 4.69) is 4.98 Å². The zero-order valence-electron chi connectivity index (χ0n) is 10.7. The first-order valence-electron chi connectivity index (χ1n) is 5.68. The highest BCUT2D eigenvalue weighted by molar-refractivity contribution is 5.70. The first-order valence-corrected chi connectivity index (χ1v) is 5.68. The van der Waals surface area contributed by atoms with E-state index in [1.165, 1.54) is 13.2 Å². The summed E-state index contributed by atoms with van der Waals surface area (Å²) < 4.78 is 57.8. The minimum atomic E-state index is -4.72. The van der Waals surface area contributed by atoms with Crippen molar-refractivity contribution < 1.29 is 22.3 Å². The zero-order valence-corrected chi connectivity index (χ0v) is 10.7. The van der Waals surface area contributed by atoms with Gasteiger partial charge in [0.2, 0.25) is 5.88 Å². The molecule has 108 valence electrons. The van der Waals surface area contributed by atoms with Crippen LogP contribution in [-0.2, 0) is 6.18 Å². The van der Waals surface area contributed by atoms with E-state index in [4.69, 9.17) is 10.00 Å². The maximum absolute atomic E-state index is 13.8. The Morgan fingerprint density at radius 3 is 2.48 bits per heavy atom. The Labute approximate surface area is 117 Å². The average molecular weight is 296 g/mol. The van der Waals surface area contributed by atoms with Gasteiger partial charge in [-0.05, 0) is 17.7 Å². The predicted molar refractivity (Wildman–Crippen MR) is 65.9 cm³/mol. The summed E-state index contributed by atoms with van der Waals surface area (Å²) in [5.41, 5.74) is -1.92. The van der Waals surface area contributed by atoms with E-state index >= 15 is 0 Å². The van der Waals surface area contributed by atoms with Crippen LogP contribution in [0.3, 0.4) is 0 Å². The van der Waals surface area contributed by atoms with E-state index in [0.29, 0.717) is 6.07 Å². The molecule has 0 radical (unpaired) electrons.